The predicted molar refractivity (Wildman–Crippen MR) is 191 cm³/mol. The minimum atomic E-state index is -0.000105. The van der Waals surface area contributed by atoms with Gasteiger partial charge in [0.25, 0.3) is 0 Å². The second kappa shape index (κ2) is 10.2. The highest BCUT2D eigenvalue weighted by atomic mass is 14.3. The monoisotopic (exact) mass is 562 g/mol. The minimum Gasteiger partial charge on any atom is -0.0619 e. The normalized spacial score (nSPS) is 12.0. The van der Waals surface area contributed by atoms with Crippen LogP contribution >= 0.6 is 0 Å². The maximum atomic E-state index is 2.37. The van der Waals surface area contributed by atoms with Crippen molar-refractivity contribution >= 4 is 43.1 Å². The first kappa shape index (κ1) is 26.4. The molecule has 0 amide bonds. The molecule has 0 heterocycles. The SMILES string of the molecule is CC(C)(C)c1ccccc1-c1cccc2c(-c3ccc4ccccc4c3)c3ccccc3c(-c3ccc4ccccc4c3)c12. The Balaban J connectivity index is 1.57. The molecule has 0 aliphatic carbocycles. The number of fused-ring (bicyclic) bond motifs is 4. The smallest absolute Gasteiger partial charge is 0.00140 e. The lowest BCUT2D eigenvalue weighted by atomic mass is 9.78. The Morgan fingerprint density at radius 2 is 0.841 bits per heavy atom. The fourth-order valence-electron chi connectivity index (χ4n) is 7.13. The van der Waals surface area contributed by atoms with Crippen molar-refractivity contribution in [2.45, 2.75) is 26.2 Å². The van der Waals surface area contributed by atoms with Crippen LogP contribution in [0.15, 0.2) is 152 Å². The van der Waals surface area contributed by atoms with Gasteiger partial charge in [-0.25, -0.2) is 0 Å². The lowest BCUT2D eigenvalue weighted by Crippen LogP contribution is -2.12. The summed E-state index contributed by atoms with van der Waals surface area (Å²) < 4.78 is 0. The van der Waals surface area contributed by atoms with Crippen molar-refractivity contribution in [2.75, 3.05) is 0 Å². The maximum absolute atomic E-state index is 2.37. The van der Waals surface area contributed by atoms with E-state index in [0.717, 1.165) is 0 Å². The summed E-state index contributed by atoms with van der Waals surface area (Å²) in [6.07, 6.45) is 0. The summed E-state index contributed by atoms with van der Waals surface area (Å²) in [6.45, 7) is 6.95. The molecule has 0 bridgehead atoms. The summed E-state index contributed by atoms with van der Waals surface area (Å²) in [7, 11) is 0. The first-order valence-corrected chi connectivity index (χ1v) is 15.5. The molecule has 0 aliphatic rings. The van der Waals surface area contributed by atoms with Crippen molar-refractivity contribution in [2.24, 2.45) is 0 Å². The van der Waals surface area contributed by atoms with Gasteiger partial charge in [0.2, 0.25) is 0 Å². The molecule has 210 valence electrons. The lowest BCUT2D eigenvalue weighted by Gasteiger charge is -2.25. The van der Waals surface area contributed by atoms with Gasteiger partial charge in [-0.15, -0.1) is 0 Å². The molecule has 0 spiro atoms. The second-order valence-corrected chi connectivity index (χ2v) is 12.9. The first-order chi connectivity index (χ1) is 21.5. The van der Waals surface area contributed by atoms with Crippen LogP contribution in [0.4, 0.5) is 0 Å². The van der Waals surface area contributed by atoms with E-state index in [4.69, 9.17) is 0 Å². The van der Waals surface area contributed by atoms with Gasteiger partial charge in [0.05, 0.1) is 0 Å². The third kappa shape index (κ3) is 4.29. The zero-order chi connectivity index (χ0) is 29.8. The molecule has 0 atom stereocenters. The van der Waals surface area contributed by atoms with Crippen molar-refractivity contribution in [3.05, 3.63) is 157 Å². The van der Waals surface area contributed by atoms with E-state index in [1.54, 1.807) is 0 Å². The second-order valence-electron chi connectivity index (χ2n) is 12.9. The molecule has 0 N–H and O–H groups in total. The fraction of sp³-hybridized carbons (Fsp3) is 0.0909. The van der Waals surface area contributed by atoms with Crippen LogP contribution in [0.25, 0.3) is 76.5 Å². The van der Waals surface area contributed by atoms with Crippen LogP contribution in [0, 0.1) is 0 Å². The minimum absolute atomic E-state index is 0.000105. The van der Waals surface area contributed by atoms with E-state index in [0.29, 0.717) is 0 Å². The fourth-order valence-corrected chi connectivity index (χ4v) is 7.13. The van der Waals surface area contributed by atoms with Crippen LogP contribution in [0.2, 0.25) is 0 Å². The van der Waals surface area contributed by atoms with E-state index < -0.39 is 0 Å². The molecule has 0 fully saturated rings. The average molecular weight is 563 g/mol. The molecule has 44 heavy (non-hydrogen) atoms. The van der Waals surface area contributed by atoms with Crippen molar-refractivity contribution in [3.63, 3.8) is 0 Å². The third-order valence-corrected chi connectivity index (χ3v) is 9.15. The van der Waals surface area contributed by atoms with Gasteiger partial charge in [0.15, 0.2) is 0 Å². The Labute approximate surface area is 259 Å². The number of rotatable bonds is 3. The van der Waals surface area contributed by atoms with E-state index in [-0.39, 0.29) is 5.41 Å². The Kier molecular flexibility index (Phi) is 6.13. The van der Waals surface area contributed by atoms with Gasteiger partial charge in [-0.3, -0.25) is 0 Å². The summed E-state index contributed by atoms with van der Waals surface area (Å²) >= 11 is 0. The Morgan fingerprint density at radius 1 is 0.364 bits per heavy atom. The molecule has 0 radical (unpaired) electrons. The lowest BCUT2D eigenvalue weighted by molar-refractivity contribution is 0.592. The van der Waals surface area contributed by atoms with Crippen molar-refractivity contribution in [1.82, 2.24) is 0 Å². The standard InChI is InChI=1S/C44H34/c1-44(2,3)40-22-11-10-17-35(40)36-20-12-21-39-41(33-25-23-29-13-4-6-15-31(29)27-33)37-18-8-9-19-38(37)42(43(36)39)34-26-24-30-14-5-7-16-32(30)28-34/h4-28H,1-3H3. The summed E-state index contributed by atoms with van der Waals surface area (Å²) in [4.78, 5) is 0. The molecule has 0 saturated heterocycles. The van der Waals surface area contributed by atoms with Crippen LogP contribution in [0.1, 0.15) is 26.3 Å². The number of benzene rings is 8. The molecule has 0 unspecified atom stereocenters. The topological polar surface area (TPSA) is 0 Å². The molecule has 8 rings (SSSR count). The maximum Gasteiger partial charge on any atom is -0.00140 e. The highest BCUT2D eigenvalue weighted by Gasteiger charge is 2.23. The van der Waals surface area contributed by atoms with Crippen molar-refractivity contribution in [1.29, 1.82) is 0 Å². The van der Waals surface area contributed by atoms with E-state index in [2.05, 4.69) is 172 Å². The van der Waals surface area contributed by atoms with E-state index >= 15 is 0 Å². The molecule has 0 saturated carbocycles. The molecule has 0 nitrogen and oxygen atoms in total. The Hall–Kier alpha value is -5.20. The van der Waals surface area contributed by atoms with Crippen LogP contribution in [0.5, 0.6) is 0 Å². The molecule has 0 aromatic heterocycles. The van der Waals surface area contributed by atoms with Gasteiger partial charge in [-0.2, -0.15) is 0 Å². The van der Waals surface area contributed by atoms with E-state index in [1.807, 2.05) is 0 Å². The van der Waals surface area contributed by atoms with Crippen LogP contribution in [-0.2, 0) is 5.41 Å². The van der Waals surface area contributed by atoms with Crippen molar-refractivity contribution in [3.8, 4) is 33.4 Å². The molecule has 8 aromatic rings. The highest BCUT2D eigenvalue weighted by Crippen LogP contribution is 2.48. The summed E-state index contributed by atoms with van der Waals surface area (Å²) in [5, 5.41) is 10.2. The van der Waals surface area contributed by atoms with Crippen LogP contribution in [0.3, 0.4) is 0 Å². The van der Waals surface area contributed by atoms with E-state index in [9.17, 15) is 0 Å². The zero-order valence-electron chi connectivity index (χ0n) is 25.4. The van der Waals surface area contributed by atoms with Gasteiger partial charge in [0, 0.05) is 0 Å². The third-order valence-electron chi connectivity index (χ3n) is 9.15. The van der Waals surface area contributed by atoms with Gasteiger partial charge in [-0.1, -0.05) is 160 Å². The zero-order valence-corrected chi connectivity index (χ0v) is 25.4. The van der Waals surface area contributed by atoms with E-state index in [1.165, 1.54) is 82.0 Å². The molecular weight excluding hydrogens is 528 g/mol. The highest BCUT2D eigenvalue weighted by molar-refractivity contribution is 6.25. The molecule has 8 aromatic carbocycles. The van der Waals surface area contributed by atoms with Gasteiger partial charge in [0.1, 0.15) is 0 Å². The Morgan fingerprint density at radius 3 is 1.48 bits per heavy atom. The van der Waals surface area contributed by atoms with Crippen molar-refractivity contribution < 1.29 is 0 Å². The molecular formula is C44H34. The Bertz CT molecular complexity index is 2360. The summed E-state index contributed by atoms with van der Waals surface area (Å²) in [5.74, 6) is 0. The quantitative estimate of drug-likeness (QED) is 0.188. The average Bonchev–Trinajstić information content (AvgIpc) is 3.06. The largest absolute Gasteiger partial charge is 0.0619 e. The first-order valence-electron chi connectivity index (χ1n) is 15.5. The van der Waals surface area contributed by atoms with Crippen LogP contribution in [-0.4, -0.2) is 0 Å². The number of hydrogen-bond acceptors (Lipinski definition) is 0. The van der Waals surface area contributed by atoms with Gasteiger partial charge >= 0.3 is 0 Å². The van der Waals surface area contributed by atoms with Gasteiger partial charge in [-0.05, 0) is 99.6 Å². The summed E-state index contributed by atoms with van der Waals surface area (Å²) in [6, 6.07) is 56.1. The number of hydrogen-bond donors (Lipinski definition) is 0. The van der Waals surface area contributed by atoms with Gasteiger partial charge < -0.3 is 0 Å². The predicted octanol–water partition coefficient (Wildman–Crippen LogP) is 12.6. The van der Waals surface area contributed by atoms with Crippen LogP contribution < -0.4 is 0 Å². The molecule has 0 heteroatoms. The summed E-state index contributed by atoms with van der Waals surface area (Å²) in [5.41, 5.74) is 9.02. The molecule has 0 aliphatic heterocycles.